The van der Waals surface area contributed by atoms with Crippen LogP contribution in [-0.4, -0.2) is 38.0 Å². The number of hydrogen-bond donors (Lipinski definition) is 3. The molecular formula is C18H25Cl2N3O2. The zero-order valence-corrected chi connectivity index (χ0v) is 15.7. The van der Waals surface area contributed by atoms with E-state index >= 15 is 0 Å². The van der Waals surface area contributed by atoms with Gasteiger partial charge in [-0.1, -0.05) is 36.6 Å². The normalized spacial score (nSPS) is 24.8. The quantitative estimate of drug-likeness (QED) is 0.681. The van der Waals surface area contributed by atoms with Crippen molar-refractivity contribution in [2.75, 3.05) is 26.2 Å². The summed E-state index contributed by atoms with van der Waals surface area (Å²) in [6.45, 7) is 2.54. The Hall–Kier alpha value is -1.30. The molecule has 0 aromatic heterocycles. The van der Waals surface area contributed by atoms with Gasteiger partial charge in [-0.05, 0) is 37.4 Å². The second-order valence-electron chi connectivity index (χ2n) is 6.72. The summed E-state index contributed by atoms with van der Waals surface area (Å²) in [6, 6.07) is 6.94. The molecule has 2 atom stereocenters. The molecule has 7 heteroatoms. The van der Waals surface area contributed by atoms with Crippen LogP contribution >= 0.6 is 24.0 Å². The largest absolute Gasteiger partial charge is 0.354 e. The Labute approximate surface area is 159 Å². The van der Waals surface area contributed by atoms with E-state index in [-0.39, 0.29) is 29.6 Å². The fourth-order valence-electron chi connectivity index (χ4n) is 3.96. The number of carbonyl (C=O) groups excluding carboxylic acids is 2. The summed E-state index contributed by atoms with van der Waals surface area (Å²) in [5.74, 6) is 0.360. The van der Waals surface area contributed by atoms with E-state index in [0.29, 0.717) is 29.6 Å². The summed E-state index contributed by atoms with van der Waals surface area (Å²) in [5, 5.41) is 9.62. The molecule has 3 rings (SSSR count). The SMILES string of the molecule is Cl.O=C(NCCNC(=O)[C@@]12CCCC[C@H]1CNC2)c1ccccc1Cl. The van der Waals surface area contributed by atoms with Crippen molar-refractivity contribution in [2.45, 2.75) is 25.7 Å². The van der Waals surface area contributed by atoms with E-state index in [1.165, 1.54) is 6.42 Å². The van der Waals surface area contributed by atoms with Gasteiger partial charge in [0.2, 0.25) is 5.91 Å². The predicted octanol–water partition coefficient (Wildman–Crippen LogP) is 2.39. The third-order valence-electron chi connectivity index (χ3n) is 5.30. The van der Waals surface area contributed by atoms with Gasteiger partial charge in [-0.25, -0.2) is 0 Å². The maximum absolute atomic E-state index is 12.7. The Morgan fingerprint density at radius 2 is 1.96 bits per heavy atom. The minimum Gasteiger partial charge on any atom is -0.354 e. The molecule has 25 heavy (non-hydrogen) atoms. The van der Waals surface area contributed by atoms with Crippen LogP contribution in [0.15, 0.2) is 24.3 Å². The molecule has 1 saturated heterocycles. The minimum atomic E-state index is -0.245. The topological polar surface area (TPSA) is 70.2 Å². The molecule has 1 saturated carbocycles. The van der Waals surface area contributed by atoms with Crippen LogP contribution in [0.5, 0.6) is 0 Å². The van der Waals surface area contributed by atoms with E-state index in [4.69, 9.17) is 11.6 Å². The number of amides is 2. The zero-order valence-electron chi connectivity index (χ0n) is 14.1. The first-order valence-corrected chi connectivity index (χ1v) is 9.03. The smallest absolute Gasteiger partial charge is 0.252 e. The van der Waals surface area contributed by atoms with Crippen LogP contribution in [-0.2, 0) is 4.79 Å². The highest BCUT2D eigenvalue weighted by Gasteiger charge is 2.49. The van der Waals surface area contributed by atoms with Gasteiger partial charge in [0.25, 0.3) is 5.91 Å². The Balaban J connectivity index is 0.00000225. The Morgan fingerprint density at radius 3 is 2.76 bits per heavy atom. The van der Waals surface area contributed by atoms with Gasteiger partial charge in [0.15, 0.2) is 0 Å². The van der Waals surface area contributed by atoms with Crippen molar-refractivity contribution in [1.29, 1.82) is 0 Å². The number of fused-ring (bicyclic) bond motifs is 1. The van der Waals surface area contributed by atoms with Crippen LogP contribution in [0.2, 0.25) is 5.02 Å². The second kappa shape index (κ2) is 8.88. The number of rotatable bonds is 5. The van der Waals surface area contributed by atoms with Gasteiger partial charge in [0, 0.05) is 19.6 Å². The van der Waals surface area contributed by atoms with Crippen LogP contribution in [0.25, 0.3) is 0 Å². The molecule has 2 aliphatic rings. The maximum atomic E-state index is 12.7. The third kappa shape index (κ3) is 4.27. The van der Waals surface area contributed by atoms with Crippen molar-refractivity contribution in [3.63, 3.8) is 0 Å². The van der Waals surface area contributed by atoms with Crippen molar-refractivity contribution < 1.29 is 9.59 Å². The molecule has 2 amide bonds. The lowest BCUT2D eigenvalue weighted by molar-refractivity contribution is -0.133. The van der Waals surface area contributed by atoms with E-state index in [2.05, 4.69) is 16.0 Å². The molecule has 3 N–H and O–H groups in total. The number of carbonyl (C=O) groups is 2. The lowest BCUT2D eigenvalue weighted by Crippen LogP contribution is -2.49. The first-order chi connectivity index (χ1) is 11.6. The number of hydrogen-bond acceptors (Lipinski definition) is 3. The monoisotopic (exact) mass is 385 g/mol. The van der Waals surface area contributed by atoms with Gasteiger partial charge in [0.1, 0.15) is 0 Å². The summed E-state index contributed by atoms with van der Waals surface area (Å²) in [5.41, 5.74) is 0.210. The van der Waals surface area contributed by atoms with E-state index in [1.54, 1.807) is 24.3 Å². The maximum Gasteiger partial charge on any atom is 0.252 e. The average molecular weight is 386 g/mol. The van der Waals surface area contributed by atoms with Crippen molar-refractivity contribution in [3.05, 3.63) is 34.9 Å². The van der Waals surface area contributed by atoms with Gasteiger partial charge in [-0.3, -0.25) is 9.59 Å². The summed E-state index contributed by atoms with van der Waals surface area (Å²) in [6.07, 6.45) is 4.43. The lowest BCUT2D eigenvalue weighted by Gasteiger charge is -2.37. The van der Waals surface area contributed by atoms with E-state index in [9.17, 15) is 9.59 Å². The fraction of sp³-hybridized carbons (Fsp3) is 0.556. The lowest BCUT2D eigenvalue weighted by atomic mass is 9.67. The van der Waals surface area contributed by atoms with Gasteiger partial charge >= 0.3 is 0 Å². The number of halogens is 2. The first-order valence-electron chi connectivity index (χ1n) is 8.65. The summed E-state index contributed by atoms with van der Waals surface area (Å²) in [7, 11) is 0. The molecule has 1 aliphatic heterocycles. The van der Waals surface area contributed by atoms with E-state index < -0.39 is 0 Å². The highest BCUT2D eigenvalue weighted by Crippen LogP contribution is 2.43. The zero-order chi connectivity index (χ0) is 17.0. The predicted molar refractivity (Wildman–Crippen MR) is 101 cm³/mol. The Kier molecular flexibility index (Phi) is 7.11. The molecule has 1 aromatic carbocycles. The van der Waals surface area contributed by atoms with Crippen LogP contribution < -0.4 is 16.0 Å². The van der Waals surface area contributed by atoms with Crippen LogP contribution in [0, 0.1) is 11.3 Å². The summed E-state index contributed by atoms with van der Waals surface area (Å²) < 4.78 is 0. The molecule has 138 valence electrons. The molecular weight excluding hydrogens is 361 g/mol. The molecule has 0 spiro atoms. The molecule has 1 aliphatic carbocycles. The summed E-state index contributed by atoms with van der Waals surface area (Å²) in [4.78, 5) is 24.8. The highest BCUT2D eigenvalue weighted by atomic mass is 35.5. The number of benzene rings is 1. The molecule has 0 unspecified atom stereocenters. The van der Waals surface area contributed by atoms with Gasteiger partial charge in [-0.2, -0.15) is 0 Å². The van der Waals surface area contributed by atoms with Gasteiger partial charge in [0.05, 0.1) is 16.0 Å². The third-order valence-corrected chi connectivity index (χ3v) is 5.63. The van der Waals surface area contributed by atoms with Crippen molar-refractivity contribution in [1.82, 2.24) is 16.0 Å². The molecule has 5 nitrogen and oxygen atoms in total. The molecule has 0 bridgehead atoms. The van der Waals surface area contributed by atoms with Crippen molar-refractivity contribution in [3.8, 4) is 0 Å². The van der Waals surface area contributed by atoms with Crippen molar-refractivity contribution >= 4 is 35.8 Å². The minimum absolute atomic E-state index is 0. The van der Waals surface area contributed by atoms with Crippen LogP contribution in [0.1, 0.15) is 36.0 Å². The van der Waals surface area contributed by atoms with E-state index in [0.717, 1.165) is 32.4 Å². The van der Waals surface area contributed by atoms with Crippen molar-refractivity contribution in [2.24, 2.45) is 11.3 Å². The standard InChI is InChI=1S/C18H24ClN3O2.ClH/c19-15-7-2-1-6-14(15)16(23)21-9-10-22-17(24)18-8-4-3-5-13(18)11-20-12-18;/h1-2,6-7,13,20H,3-5,8-12H2,(H,21,23)(H,22,24);1H/t13-,18+;/m0./s1. The Bertz CT molecular complexity index is 626. The average Bonchev–Trinajstić information content (AvgIpc) is 3.04. The van der Waals surface area contributed by atoms with Gasteiger partial charge in [-0.15, -0.1) is 12.4 Å². The van der Waals surface area contributed by atoms with Gasteiger partial charge < -0.3 is 16.0 Å². The highest BCUT2D eigenvalue weighted by molar-refractivity contribution is 6.33. The second-order valence-corrected chi connectivity index (χ2v) is 7.13. The first kappa shape index (κ1) is 20.0. The Morgan fingerprint density at radius 1 is 1.20 bits per heavy atom. The number of nitrogens with one attached hydrogen (secondary N) is 3. The fourth-order valence-corrected chi connectivity index (χ4v) is 4.18. The molecule has 1 aromatic rings. The summed E-state index contributed by atoms with van der Waals surface area (Å²) >= 11 is 6.01. The van der Waals surface area contributed by atoms with Crippen LogP contribution in [0.4, 0.5) is 0 Å². The molecule has 2 fully saturated rings. The van der Waals surface area contributed by atoms with E-state index in [1.807, 2.05) is 0 Å². The van der Waals surface area contributed by atoms with Crippen LogP contribution in [0.3, 0.4) is 0 Å². The molecule has 1 heterocycles. The molecule has 0 radical (unpaired) electrons.